The van der Waals surface area contributed by atoms with Gasteiger partial charge in [0.05, 0.1) is 4.92 Å². The molecule has 106 valence electrons. The van der Waals surface area contributed by atoms with E-state index in [-0.39, 0.29) is 17.8 Å². The Labute approximate surface area is 121 Å². The van der Waals surface area contributed by atoms with Gasteiger partial charge >= 0.3 is 0 Å². The molecule has 1 aromatic rings. The van der Waals surface area contributed by atoms with E-state index in [0.717, 1.165) is 23.7 Å². The van der Waals surface area contributed by atoms with Crippen molar-refractivity contribution in [1.82, 2.24) is 0 Å². The van der Waals surface area contributed by atoms with E-state index < -0.39 is 4.92 Å². The number of hydrogen-bond donors (Lipinski definition) is 2. The number of nitro benzene ring substituents is 1. The average Bonchev–Trinajstić information content (AvgIpc) is 2.28. The van der Waals surface area contributed by atoms with Crippen LogP contribution in [0.25, 0.3) is 0 Å². The molecule has 0 aliphatic rings. The van der Waals surface area contributed by atoms with Crippen LogP contribution in [0.1, 0.15) is 33.1 Å². The van der Waals surface area contributed by atoms with Gasteiger partial charge in [0.25, 0.3) is 5.69 Å². The Morgan fingerprint density at radius 1 is 1.42 bits per heavy atom. The number of halogens is 1. The lowest BCUT2D eigenvalue weighted by Gasteiger charge is -2.27. The third-order valence-corrected chi connectivity index (χ3v) is 3.33. The van der Waals surface area contributed by atoms with Crippen molar-refractivity contribution in [3.63, 3.8) is 0 Å². The number of aliphatic hydroxyl groups is 1. The molecule has 0 radical (unpaired) electrons. The maximum atomic E-state index is 11.0. The molecule has 0 atom stereocenters. The summed E-state index contributed by atoms with van der Waals surface area (Å²) in [6, 6.07) is 4.85. The van der Waals surface area contributed by atoms with Crippen LogP contribution in [0.3, 0.4) is 0 Å². The lowest BCUT2D eigenvalue weighted by Crippen LogP contribution is -2.31. The number of benzene rings is 1. The Morgan fingerprint density at radius 2 is 2.11 bits per heavy atom. The van der Waals surface area contributed by atoms with E-state index in [2.05, 4.69) is 21.2 Å². The van der Waals surface area contributed by atoms with Gasteiger partial charge in [-0.25, -0.2) is 0 Å². The fourth-order valence-corrected chi connectivity index (χ4v) is 2.23. The number of unbranched alkanes of at least 4 members (excludes halogenated alkanes) is 1. The van der Waals surface area contributed by atoms with Crippen molar-refractivity contribution in [2.75, 3.05) is 11.9 Å². The van der Waals surface area contributed by atoms with Crippen molar-refractivity contribution >= 4 is 27.3 Å². The van der Waals surface area contributed by atoms with Crippen LogP contribution < -0.4 is 5.32 Å². The third-order valence-electron chi connectivity index (χ3n) is 2.84. The van der Waals surface area contributed by atoms with Crippen molar-refractivity contribution < 1.29 is 10.0 Å². The zero-order valence-electron chi connectivity index (χ0n) is 11.1. The second kappa shape index (κ2) is 6.86. The molecule has 5 nitrogen and oxygen atoms in total. The summed E-state index contributed by atoms with van der Waals surface area (Å²) in [5.74, 6) is 0. The maximum Gasteiger partial charge on any atom is 0.292 e. The van der Waals surface area contributed by atoms with Gasteiger partial charge < -0.3 is 10.4 Å². The second-order valence-corrected chi connectivity index (χ2v) is 6.02. The largest absolute Gasteiger partial charge is 0.396 e. The normalized spacial score (nSPS) is 11.4. The van der Waals surface area contributed by atoms with Crippen molar-refractivity contribution in [2.45, 2.75) is 38.6 Å². The van der Waals surface area contributed by atoms with Gasteiger partial charge in [-0.15, -0.1) is 0 Å². The summed E-state index contributed by atoms with van der Waals surface area (Å²) in [5, 5.41) is 23.0. The minimum atomic E-state index is -0.390. The quantitative estimate of drug-likeness (QED) is 0.454. The Kier molecular flexibility index (Phi) is 5.75. The number of aliphatic hydroxyl groups excluding tert-OH is 1. The van der Waals surface area contributed by atoms with Crippen LogP contribution in [0.15, 0.2) is 22.7 Å². The molecule has 0 fully saturated rings. The Hall–Kier alpha value is -1.14. The van der Waals surface area contributed by atoms with Crippen LogP contribution >= 0.6 is 15.9 Å². The third kappa shape index (κ3) is 5.16. The van der Waals surface area contributed by atoms with Gasteiger partial charge in [-0.05, 0) is 45.2 Å². The minimum Gasteiger partial charge on any atom is -0.396 e. The standard InChI is InChI=1S/C13H19BrN2O3/c1-13(2,7-3-4-8-17)15-11-9-10(14)5-6-12(11)16(18)19/h5-6,9,15,17H,3-4,7-8H2,1-2H3. The van der Waals surface area contributed by atoms with Gasteiger partial charge in [0, 0.05) is 22.7 Å². The molecule has 0 aliphatic heterocycles. The molecule has 19 heavy (non-hydrogen) atoms. The fraction of sp³-hybridized carbons (Fsp3) is 0.538. The summed E-state index contributed by atoms with van der Waals surface area (Å²) in [4.78, 5) is 10.6. The minimum absolute atomic E-state index is 0.0680. The van der Waals surface area contributed by atoms with Crippen molar-refractivity contribution in [3.05, 3.63) is 32.8 Å². The van der Waals surface area contributed by atoms with E-state index in [4.69, 9.17) is 5.11 Å². The molecule has 0 saturated carbocycles. The van der Waals surface area contributed by atoms with Crippen molar-refractivity contribution in [3.8, 4) is 0 Å². The Bertz CT molecular complexity index is 450. The molecule has 0 aliphatic carbocycles. The summed E-state index contributed by atoms with van der Waals surface area (Å²) in [6.45, 7) is 4.16. The number of hydrogen-bond acceptors (Lipinski definition) is 4. The van der Waals surface area contributed by atoms with Crippen LogP contribution in [0, 0.1) is 10.1 Å². The Balaban J connectivity index is 2.85. The maximum absolute atomic E-state index is 11.0. The molecule has 1 rings (SSSR count). The highest BCUT2D eigenvalue weighted by Gasteiger charge is 2.22. The predicted octanol–water partition coefficient (Wildman–Crippen LogP) is 3.71. The Morgan fingerprint density at radius 3 is 2.68 bits per heavy atom. The first-order valence-electron chi connectivity index (χ1n) is 6.19. The first-order valence-corrected chi connectivity index (χ1v) is 6.98. The summed E-state index contributed by atoms with van der Waals surface area (Å²) in [6.07, 6.45) is 2.45. The van der Waals surface area contributed by atoms with Crippen LogP contribution in [-0.4, -0.2) is 22.2 Å². The van der Waals surface area contributed by atoms with Gasteiger partial charge in [0.2, 0.25) is 0 Å². The molecule has 0 amide bonds. The zero-order chi connectivity index (χ0) is 14.5. The fourth-order valence-electron chi connectivity index (χ4n) is 1.87. The molecule has 0 aromatic heterocycles. The number of anilines is 1. The molecule has 0 heterocycles. The van der Waals surface area contributed by atoms with E-state index >= 15 is 0 Å². The van der Waals surface area contributed by atoms with Gasteiger partial charge in [-0.2, -0.15) is 0 Å². The van der Waals surface area contributed by atoms with E-state index in [9.17, 15) is 10.1 Å². The lowest BCUT2D eigenvalue weighted by molar-refractivity contribution is -0.384. The summed E-state index contributed by atoms with van der Waals surface area (Å²) in [5.41, 5.74) is 0.313. The molecule has 1 aromatic carbocycles. The highest BCUT2D eigenvalue weighted by Crippen LogP contribution is 2.31. The topological polar surface area (TPSA) is 75.4 Å². The summed E-state index contributed by atoms with van der Waals surface area (Å²) >= 11 is 3.32. The van der Waals surface area contributed by atoms with Gasteiger partial charge in [0.1, 0.15) is 5.69 Å². The van der Waals surface area contributed by atoms with E-state index in [1.165, 1.54) is 6.07 Å². The lowest BCUT2D eigenvalue weighted by atomic mass is 9.96. The highest BCUT2D eigenvalue weighted by atomic mass is 79.9. The van der Waals surface area contributed by atoms with Crippen LogP contribution in [0.5, 0.6) is 0 Å². The van der Waals surface area contributed by atoms with Gasteiger partial charge in [0.15, 0.2) is 0 Å². The molecule has 6 heteroatoms. The van der Waals surface area contributed by atoms with Crippen LogP contribution in [0.2, 0.25) is 0 Å². The first kappa shape index (κ1) is 15.9. The van der Waals surface area contributed by atoms with E-state index in [1.807, 2.05) is 13.8 Å². The molecule has 0 unspecified atom stereocenters. The average molecular weight is 331 g/mol. The van der Waals surface area contributed by atoms with Crippen LogP contribution in [0.4, 0.5) is 11.4 Å². The first-order chi connectivity index (χ1) is 8.85. The molecule has 0 saturated heterocycles. The molecule has 2 N–H and O–H groups in total. The van der Waals surface area contributed by atoms with E-state index in [0.29, 0.717) is 5.69 Å². The number of nitrogens with one attached hydrogen (secondary N) is 1. The van der Waals surface area contributed by atoms with Crippen LogP contribution in [-0.2, 0) is 0 Å². The number of nitrogens with zero attached hydrogens (tertiary/aromatic N) is 1. The number of rotatable bonds is 7. The summed E-state index contributed by atoms with van der Waals surface area (Å²) in [7, 11) is 0. The van der Waals surface area contributed by atoms with Crippen molar-refractivity contribution in [2.24, 2.45) is 0 Å². The smallest absolute Gasteiger partial charge is 0.292 e. The SMILES string of the molecule is CC(C)(CCCCO)Nc1cc(Br)ccc1[N+](=O)[O-]. The predicted molar refractivity (Wildman–Crippen MR) is 79.4 cm³/mol. The number of nitro groups is 1. The van der Waals surface area contributed by atoms with Gasteiger partial charge in [-0.1, -0.05) is 15.9 Å². The zero-order valence-corrected chi connectivity index (χ0v) is 12.7. The molecule has 0 bridgehead atoms. The van der Waals surface area contributed by atoms with E-state index in [1.54, 1.807) is 12.1 Å². The molecular formula is C13H19BrN2O3. The molecular weight excluding hydrogens is 312 g/mol. The summed E-state index contributed by atoms with van der Waals surface area (Å²) < 4.78 is 0.798. The second-order valence-electron chi connectivity index (χ2n) is 5.11. The molecule has 0 spiro atoms. The highest BCUT2D eigenvalue weighted by molar-refractivity contribution is 9.10. The van der Waals surface area contributed by atoms with Gasteiger partial charge in [-0.3, -0.25) is 10.1 Å². The monoisotopic (exact) mass is 330 g/mol. The van der Waals surface area contributed by atoms with Crippen molar-refractivity contribution in [1.29, 1.82) is 0 Å².